The van der Waals surface area contributed by atoms with E-state index >= 15 is 0 Å². The van der Waals surface area contributed by atoms with Gasteiger partial charge in [0.25, 0.3) is 0 Å². The van der Waals surface area contributed by atoms with Crippen LogP contribution in [0.25, 0.3) is 0 Å². The molecule has 1 aromatic rings. The number of halogens is 1. The maximum atomic E-state index is 11.8. The van der Waals surface area contributed by atoms with Crippen LogP contribution in [0.1, 0.15) is 18.1 Å². The van der Waals surface area contributed by atoms with Gasteiger partial charge in [0.15, 0.2) is 0 Å². The Morgan fingerprint density at radius 1 is 1.41 bits per heavy atom. The molecule has 1 heterocycles. The first kappa shape index (κ1) is 12.6. The third kappa shape index (κ3) is 2.86. The second-order valence-electron chi connectivity index (χ2n) is 4.58. The molecule has 92 valence electrons. The zero-order valence-corrected chi connectivity index (χ0v) is 10.5. The topological polar surface area (TPSA) is 40.5 Å². The molecule has 0 amide bonds. The predicted molar refractivity (Wildman–Crippen MR) is 67.0 cm³/mol. The van der Waals surface area contributed by atoms with Gasteiger partial charge >= 0.3 is 0 Å². The van der Waals surface area contributed by atoms with E-state index in [4.69, 9.17) is 11.6 Å². The van der Waals surface area contributed by atoms with Crippen molar-refractivity contribution in [3.8, 4) is 0 Å². The Bertz CT molecular complexity index is 404. The van der Waals surface area contributed by atoms with Crippen LogP contribution in [0.4, 0.5) is 0 Å². The molecule has 1 aromatic carbocycles. The Morgan fingerprint density at radius 3 is 2.71 bits per heavy atom. The van der Waals surface area contributed by atoms with Gasteiger partial charge in [-0.3, -0.25) is 4.79 Å². The number of nitrogens with zero attached hydrogens (tertiary/aromatic N) is 1. The van der Waals surface area contributed by atoms with E-state index in [-0.39, 0.29) is 11.7 Å². The number of hydrogen-bond acceptors (Lipinski definition) is 3. The van der Waals surface area contributed by atoms with Crippen LogP contribution in [0, 0.1) is 5.92 Å². The number of ketones is 1. The quantitative estimate of drug-likeness (QED) is 0.875. The average molecular weight is 254 g/mol. The lowest BCUT2D eigenvalue weighted by molar-refractivity contribution is -0.130. The van der Waals surface area contributed by atoms with Gasteiger partial charge in [-0.05, 0) is 24.7 Å². The number of aliphatic hydroxyl groups excluding tert-OH is 1. The predicted octanol–water partition coefficient (Wildman–Crippen LogP) is 1.89. The summed E-state index contributed by atoms with van der Waals surface area (Å²) < 4.78 is 0. The Morgan fingerprint density at radius 2 is 2.06 bits per heavy atom. The number of aliphatic hydroxyl groups is 1. The molecule has 2 rings (SSSR count). The van der Waals surface area contributed by atoms with Gasteiger partial charge in [-0.2, -0.15) is 0 Å². The molecule has 1 aliphatic heterocycles. The summed E-state index contributed by atoms with van der Waals surface area (Å²) in [5, 5.41) is 10.9. The number of hydrogen-bond donors (Lipinski definition) is 1. The van der Waals surface area contributed by atoms with Gasteiger partial charge in [-0.15, -0.1) is 0 Å². The molecule has 2 unspecified atom stereocenters. The van der Waals surface area contributed by atoms with E-state index < -0.39 is 6.10 Å². The Hall–Kier alpha value is -0.900. The van der Waals surface area contributed by atoms with Crippen molar-refractivity contribution in [3.05, 3.63) is 34.9 Å². The van der Waals surface area contributed by atoms with Gasteiger partial charge in [0.2, 0.25) is 0 Å². The fraction of sp³-hybridized carbons (Fsp3) is 0.462. The molecule has 0 aromatic heterocycles. The summed E-state index contributed by atoms with van der Waals surface area (Å²) in [4.78, 5) is 13.9. The number of rotatable bonds is 2. The molecule has 1 N–H and O–H groups in total. The van der Waals surface area contributed by atoms with Crippen molar-refractivity contribution in [2.45, 2.75) is 12.5 Å². The molecule has 0 radical (unpaired) electrons. The van der Waals surface area contributed by atoms with Crippen LogP contribution >= 0.6 is 11.6 Å². The molecule has 0 bridgehead atoms. The lowest BCUT2D eigenvalue weighted by Gasteiger charge is -2.31. The Balaban J connectivity index is 2.15. The zero-order valence-electron chi connectivity index (χ0n) is 9.77. The number of carbonyl (C=O) groups excluding carboxylic acids is 1. The average Bonchev–Trinajstić information content (AvgIpc) is 2.32. The van der Waals surface area contributed by atoms with Gasteiger partial charge in [0.05, 0.1) is 12.0 Å². The van der Waals surface area contributed by atoms with Crippen molar-refractivity contribution < 1.29 is 9.90 Å². The van der Waals surface area contributed by atoms with Crippen LogP contribution < -0.4 is 0 Å². The van der Waals surface area contributed by atoms with Crippen molar-refractivity contribution in [1.82, 2.24) is 4.90 Å². The van der Waals surface area contributed by atoms with E-state index in [1.165, 1.54) is 0 Å². The van der Waals surface area contributed by atoms with Gasteiger partial charge in [-0.1, -0.05) is 23.7 Å². The molecule has 0 aliphatic carbocycles. The molecule has 4 heteroatoms. The van der Waals surface area contributed by atoms with E-state index in [9.17, 15) is 9.90 Å². The number of piperidine rings is 1. The molecule has 3 nitrogen and oxygen atoms in total. The summed E-state index contributed by atoms with van der Waals surface area (Å²) in [6.45, 7) is 1.39. The summed E-state index contributed by atoms with van der Waals surface area (Å²) in [6.07, 6.45) is -0.214. The third-order valence-corrected chi connectivity index (χ3v) is 3.51. The van der Waals surface area contributed by atoms with E-state index in [0.717, 1.165) is 12.1 Å². The van der Waals surface area contributed by atoms with Crippen molar-refractivity contribution in [3.63, 3.8) is 0 Å². The molecular formula is C13H16ClNO2. The lowest BCUT2D eigenvalue weighted by Crippen LogP contribution is -2.41. The van der Waals surface area contributed by atoms with Crippen LogP contribution in [0.5, 0.6) is 0 Å². The monoisotopic (exact) mass is 253 g/mol. The molecule has 1 saturated heterocycles. The first-order chi connectivity index (χ1) is 8.08. The van der Waals surface area contributed by atoms with Crippen molar-refractivity contribution in [2.75, 3.05) is 20.1 Å². The van der Waals surface area contributed by atoms with Gasteiger partial charge in [0.1, 0.15) is 5.78 Å². The molecule has 2 atom stereocenters. The SMILES string of the molecule is CN1CCC(=O)C(C(O)c2ccc(Cl)cc2)C1. The first-order valence-corrected chi connectivity index (χ1v) is 6.10. The van der Waals surface area contributed by atoms with Crippen molar-refractivity contribution in [1.29, 1.82) is 0 Å². The van der Waals surface area contributed by atoms with Crippen molar-refractivity contribution >= 4 is 17.4 Å². The van der Waals surface area contributed by atoms with E-state index in [2.05, 4.69) is 4.90 Å². The minimum Gasteiger partial charge on any atom is -0.388 e. The minimum atomic E-state index is -0.734. The number of likely N-dealkylation sites (tertiary alicyclic amines) is 1. The maximum absolute atomic E-state index is 11.8. The molecular weight excluding hydrogens is 238 g/mol. The standard InChI is InChI=1S/C13H16ClNO2/c1-15-7-6-12(16)11(8-15)13(17)9-2-4-10(14)5-3-9/h2-5,11,13,17H,6-8H2,1H3. The zero-order chi connectivity index (χ0) is 12.4. The summed E-state index contributed by atoms with van der Waals surface area (Å²) >= 11 is 5.80. The highest BCUT2D eigenvalue weighted by Crippen LogP contribution is 2.27. The molecule has 0 spiro atoms. The summed E-state index contributed by atoms with van der Waals surface area (Å²) in [6, 6.07) is 7.01. The Kier molecular flexibility index (Phi) is 3.82. The fourth-order valence-electron chi connectivity index (χ4n) is 2.18. The largest absolute Gasteiger partial charge is 0.388 e. The van der Waals surface area contributed by atoms with Gasteiger partial charge < -0.3 is 10.0 Å². The van der Waals surface area contributed by atoms with Gasteiger partial charge in [0, 0.05) is 24.5 Å². The van der Waals surface area contributed by atoms with E-state index in [1.54, 1.807) is 24.3 Å². The number of Topliss-reactive ketones (excluding diaryl/α,β-unsaturated/α-hetero) is 1. The highest BCUT2D eigenvalue weighted by molar-refractivity contribution is 6.30. The van der Waals surface area contributed by atoms with Crippen LogP contribution in [0.3, 0.4) is 0 Å². The number of carbonyl (C=O) groups is 1. The fourth-order valence-corrected chi connectivity index (χ4v) is 2.31. The molecule has 1 aliphatic rings. The van der Waals surface area contributed by atoms with Crippen molar-refractivity contribution in [2.24, 2.45) is 5.92 Å². The molecule has 0 saturated carbocycles. The highest BCUT2D eigenvalue weighted by Gasteiger charge is 2.32. The highest BCUT2D eigenvalue weighted by atomic mass is 35.5. The maximum Gasteiger partial charge on any atom is 0.141 e. The summed E-state index contributed by atoms with van der Waals surface area (Å²) in [7, 11) is 1.97. The molecule has 1 fully saturated rings. The summed E-state index contributed by atoms with van der Waals surface area (Å²) in [5.41, 5.74) is 0.753. The molecule has 17 heavy (non-hydrogen) atoms. The number of benzene rings is 1. The second kappa shape index (κ2) is 5.17. The smallest absolute Gasteiger partial charge is 0.141 e. The lowest BCUT2D eigenvalue weighted by atomic mass is 9.88. The van der Waals surface area contributed by atoms with Gasteiger partial charge in [-0.25, -0.2) is 0 Å². The summed E-state index contributed by atoms with van der Waals surface area (Å²) in [5.74, 6) is -0.180. The second-order valence-corrected chi connectivity index (χ2v) is 5.02. The van der Waals surface area contributed by atoms with Crippen LogP contribution in [0.15, 0.2) is 24.3 Å². The Labute approximate surface area is 106 Å². The van der Waals surface area contributed by atoms with E-state index in [1.807, 2.05) is 7.05 Å². The van der Waals surface area contributed by atoms with Crippen LogP contribution in [-0.4, -0.2) is 35.9 Å². The normalized spacial score (nSPS) is 23.7. The third-order valence-electron chi connectivity index (χ3n) is 3.25. The van der Waals surface area contributed by atoms with Crippen LogP contribution in [0.2, 0.25) is 5.02 Å². The minimum absolute atomic E-state index is 0.144. The van der Waals surface area contributed by atoms with Crippen LogP contribution in [-0.2, 0) is 4.79 Å². The van der Waals surface area contributed by atoms with E-state index in [0.29, 0.717) is 18.0 Å². The first-order valence-electron chi connectivity index (χ1n) is 5.72.